The number of hydrogen-bond donors (Lipinski definition) is 0. The molecular formula is C20H27N3O4S. The second kappa shape index (κ2) is 7.24. The van der Waals surface area contributed by atoms with Crippen LogP contribution in [-0.2, 0) is 19.6 Å². The maximum Gasteiger partial charge on any atom is 0.243 e. The number of rotatable bonds is 4. The van der Waals surface area contributed by atoms with Crippen LogP contribution in [0.25, 0.3) is 0 Å². The van der Waals surface area contributed by atoms with Crippen molar-refractivity contribution >= 4 is 21.8 Å². The zero-order valence-electron chi connectivity index (χ0n) is 16.3. The molecule has 8 heteroatoms. The van der Waals surface area contributed by atoms with Gasteiger partial charge in [0.2, 0.25) is 21.8 Å². The number of aryl methyl sites for hydroxylation is 1. The molecule has 1 aliphatic carbocycles. The first-order valence-corrected chi connectivity index (χ1v) is 11.4. The Bertz CT molecular complexity index is 867. The van der Waals surface area contributed by atoms with E-state index in [0.29, 0.717) is 37.5 Å². The van der Waals surface area contributed by atoms with E-state index in [9.17, 15) is 18.0 Å². The molecule has 0 bridgehead atoms. The molecule has 0 atom stereocenters. The average Bonchev–Trinajstić information content (AvgIpc) is 3.23. The molecule has 7 nitrogen and oxygen atoms in total. The van der Waals surface area contributed by atoms with Gasteiger partial charge in [-0.3, -0.25) is 19.4 Å². The van der Waals surface area contributed by atoms with Gasteiger partial charge in [0.25, 0.3) is 0 Å². The van der Waals surface area contributed by atoms with Crippen LogP contribution in [0.1, 0.15) is 37.7 Å². The minimum Gasteiger partial charge on any atom is -0.283 e. The van der Waals surface area contributed by atoms with E-state index in [1.807, 2.05) is 11.8 Å². The normalized spacial score (nSPS) is 23.8. The summed E-state index contributed by atoms with van der Waals surface area (Å²) in [7, 11) is -3.51. The van der Waals surface area contributed by atoms with Crippen molar-refractivity contribution in [1.29, 1.82) is 0 Å². The van der Waals surface area contributed by atoms with Gasteiger partial charge in [0.05, 0.1) is 17.0 Å². The average molecular weight is 406 g/mol. The van der Waals surface area contributed by atoms with E-state index in [1.165, 1.54) is 9.21 Å². The van der Waals surface area contributed by atoms with Crippen molar-refractivity contribution in [2.75, 3.05) is 32.8 Å². The number of sulfonamides is 1. The Balaban J connectivity index is 1.37. The fourth-order valence-corrected chi connectivity index (χ4v) is 6.04. The molecular weight excluding hydrogens is 378 g/mol. The highest BCUT2D eigenvalue weighted by Crippen LogP contribution is 2.46. The molecule has 28 heavy (non-hydrogen) atoms. The SMILES string of the molecule is Cc1ccc(S(=O)(=O)N2CCN(CN3C(=O)CC4(CCCC4)C3=O)CC2)cc1. The molecule has 3 fully saturated rings. The van der Waals surface area contributed by atoms with E-state index in [0.717, 1.165) is 31.2 Å². The van der Waals surface area contributed by atoms with Crippen LogP contribution < -0.4 is 0 Å². The van der Waals surface area contributed by atoms with Crippen molar-refractivity contribution in [2.45, 2.75) is 43.9 Å². The van der Waals surface area contributed by atoms with E-state index in [1.54, 1.807) is 24.3 Å². The van der Waals surface area contributed by atoms with Gasteiger partial charge in [-0.05, 0) is 31.9 Å². The number of nitrogens with zero attached hydrogens (tertiary/aromatic N) is 3. The highest BCUT2D eigenvalue weighted by atomic mass is 32.2. The lowest BCUT2D eigenvalue weighted by Gasteiger charge is -2.35. The number of carbonyl (C=O) groups excluding carboxylic acids is 2. The van der Waals surface area contributed by atoms with E-state index in [2.05, 4.69) is 0 Å². The molecule has 2 saturated heterocycles. The monoisotopic (exact) mass is 405 g/mol. The highest BCUT2D eigenvalue weighted by molar-refractivity contribution is 7.89. The fraction of sp³-hybridized carbons (Fsp3) is 0.600. The van der Waals surface area contributed by atoms with Gasteiger partial charge in [0.15, 0.2) is 0 Å². The van der Waals surface area contributed by atoms with Crippen molar-refractivity contribution in [3.05, 3.63) is 29.8 Å². The first kappa shape index (κ1) is 19.5. The van der Waals surface area contributed by atoms with Crippen molar-refractivity contribution in [3.63, 3.8) is 0 Å². The molecule has 0 N–H and O–H groups in total. The summed E-state index contributed by atoms with van der Waals surface area (Å²) in [5, 5.41) is 0. The molecule has 1 aromatic rings. The van der Waals surface area contributed by atoms with Crippen LogP contribution in [0.15, 0.2) is 29.2 Å². The Labute approximate surface area is 166 Å². The molecule has 2 aliphatic heterocycles. The van der Waals surface area contributed by atoms with Gasteiger partial charge in [-0.15, -0.1) is 0 Å². The smallest absolute Gasteiger partial charge is 0.243 e. The number of piperazine rings is 1. The first-order chi connectivity index (χ1) is 13.3. The van der Waals surface area contributed by atoms with Crippen LogP contribution >= 0.6 is 0 Å². The van der Waals surface area contributed by atoms with Crippen LogP contribution in [-0.4, -0.2) is 67.2 Å². The predicted octanol–water partition coefficient (Wildman–Crippen LogP) is 1.58. The van der Waals surface area contributed by atoms with E-state index in [-0.39, 0.29) is 18.5 Å². The van der Waals surface area contributed by atoms with Gasteiger partial charge >= 0.3 is 0 Å². The summed E-state index contributed by atoms with van der Waals surface area (Å²) in [6.07, 6.45) is 4.01. The first-order valence-electron chi connectivity index (χ1n) is 9.96. The van der Waals surface area contributed by atoms with E-state index < -0.39 is 15.4 Å². The molecule has 0 aromatic heterocycles. The molecule has 1 saturated carbocycles. The summed E-state index contributed by atoms with van der Waals surface area (Å²) in [5.74, 6) is -0.105. The quantitative estimate of drug-likeness (QED) is 0.711. The van der Waals surface area contributed by atoms with E-state index >= 15 is 0 Å². The van der Waals surface area contributed by atoms with Crippen molar-refractivity contribution in [1.82, 2.24) is 14.1 Å². The van der Waals surface area contributed by atoms with Gasteiger partial charge in [-0.2, -0.15) is 4.31 Å². The van der Waals surface area contributed by atoms with Crippen molar-refractivity contribution in [2.24, 2.45) is 5.41 Å². The number of amides is 2. The molecule has 0 unspecified atom stereocenters. The second-order valence-electron chi connectivity index (χ2n) is 8.27. The van der Waals surface area contributed by atoms with Gasteiger partial charge in [-0.1, -0.05) is 30.5 Å². The Morgan fingerprint density at radius 1 is 0.964 bits per heavy atom. The third-order valence-corrected chi connectivity index (χ3v) is 8.29. The predicted molar refractivity (Wildman–Crippen MR) is 104 cm³/mol. The molecule has 4 rings (SSSR count). The van der Waals surface area contributed by atoms with Crippen LogP contribution in [0, 0.1) is 12.3 Å². The molecule has 3 aliphatic rings. The largest absolute Gasteiger partial charge is 0.283 e. The van der Waals surface area contributed by atoms with Crippen LogP contribution in [0.3, 0.4) is 0 Å². The molecule has 2 amide bonds. The van der Waals surface area contributed by atoms with Crippen molar-refractivity contribution < 1.29 is 18.0 Å². The number of carbonyl (C=O) groups is 2. The maximum atomic E-state index is 12.8. The molecule has 0 radical (unpaired) electrons. The third kappa shape index (κ3) is 3.38. The standard InChI is InChI=1S/C20H27N3O4S/c1-16-4-6-17(7-5-16)28(26,27)22-12-10-21(11-13-22)15-23-18(24)14-20(19(23)25)8-2-3-9-20/h4-7H,2-3,8-15H2,1H3. The Hall–Kier alpha value is -1.77. The van der Waals surface area contributed by atoms with Crippen LogP contribution in [0.4, 0.5) is 0 Å². The number of imide groups is 1. The van der Waals surface area contributed by atoms with Gasteiger partial charge in [0, 0.05) is 32.6 Å². The topological polar surface area (TPSA) is 78.0 Å². The zero-order chi connectivity index (χ0) is 19.9. The summed E-state index contributed by atoms with van der Waals surface area (Å²) in [4.78, 5) is 29.0. The maximum absolute atomic E-state index is 12.8. The van der Waals surface area contributed by atoms with E-state index in [4.69, 9.17) is 0 Å². The number of benzene rings is 1. The van der Waals surface area contributed by atoms with Gasteiger partial charge in [0.1, 0.15) is 0 Å². The second-order valence-corrected chi connectivity index (χ2v) is 10.2. The lowest BCUT2D eigenvalue weighted by molar-refractivity contribution is -0.144. The highest BCUT2D eigenvalue weighted by Gasteiger charge is 2.52. The summed E-state index contributed by atoms with van der Waals surface area (Å²) in [6, 6.07) is 6.87. The Morgan fingerprint density at radius 3 is 2.18 bits per heavy atom. The van der Waals surface area contributed by atoms with Crippen LogP contribution in [0.5, 0.6) is 0 Å². The van der Waals surface area contributed by atoms with Gasteiger partial charge < -0.3 is 0 Å². The molecule has 1 spiro atoms. The lowest BCUT2D eigenvalue weighted by Crippen LogP contribution is -2.52. The Kier molecular flexibility index (Phi) is 5.05. The minimum absolute atomic E-state index is 0.0234. The third-order valence-electron chi connectivity index (χ3n) is 6.38. The summed E-state index contributed by atoms with van der Waals surface area (Å²) < 4.78 is 27.1. The molecule has 1 aromatic carbocycles. The van der Waals surface area contributed by atoms with Crippen LogP contribution in [0.2, 0.25) is 0 Å². The number of likely N-dealkylation sites (tertiary alicyclic amines) is 1. The van der Waals surface area contributed by atoms with Gasteiger partial charge in [-0.25, -0.2) is 8.42 Å². The van der Waals surface area contributed by atoms with Crippen molar-refractivity contribution in [3.8, 4) is 0 Å². The summed E-state index contributed by atoms with van der Waals surface area (Å²) in [5.41, 5.74) is 0.567. The summed E-state index contributed by atoms with van der Waals surface area (Å²) >= 11 is 0. The fourth-order valence-electron chi connectivity index (χ4n) is 4.62. The summed E-state index contributed by atoms with van der Waals surface area (Å²) in [6.45, 7) is 3.93. The zero-order valence-corrected chi connectivity index (χ0v) is 17.1. The lowest BCUT2D eigenvalue weighted by atomic mass is 9.85. The minimum atomic E-state index is -3.51. The Morgan fingerprint density at radius 2 is 1.57 bits per heavy atom. The molecule has 152 valence electrons. The number of hydrogen-bond acceptors (Lipinski definition) is 5. The molecule has 2 heterocycles.